The van der Waals surface area contributed by atoms with Gasteiger partial charge in [0.1, 0.15) is 5.75 Å². The van der Waals surface area contributed by atoms with E-state index in [1.807, 2.05) is 0 Å². The van der Waals surface area contributed by atoms with Gasteiger partial charge in [-0.3, -0.25) is 4.98 Å². The highest BCUT2D eigenvalue weighted by Crippen LogP contribution is 2.31. The van der Waals surface area contributed by atoms with E-state index in [-0.39, 0.29) is 18.4 Å². The number of aliphatic hydroxyl groups excluding tert-OH is 1. The minimum Gasteiger partial charge on any atom is -0.506 e. The molecule has 0 aliphatic rings. The van der Waals surface area contributed by atoms with Crippen LogP contribution in [0.25, 0.3) is 0 Å². The Kier molecular flexibility index (Phi) is 4.71. The van der Waals surface area contributed by atoms with Crippen LogP contribution in [0.1, 0.15) is 49.0 Å². The number of nitrogens with zero attached hydrogens (tertiary/aromatic N) is 1. The van der Waals surface area contributed by atoms with Crippen LogP contribution in [0, 0.1) is 6.92 Å². The van der Waals surface area contributed by atoms with Gasteiger partial charge in [0, 0.05) is 23.4 Å². The number of aromatic hydroxyl groups is 1. The van der Waals surface area contributed by atoms with E-state index in [0.717, 1.165) is 19.3 Å². The summed E-state index contributed by atoms with van der Waals surface area (Å²) < 4.78 is 0. The highest BCUT2D eigenvalue weighted by molar-refractivity contribution is 5.42. The average Bonchev–Trinajstić information content (AvgIpc) is 2.29. The van der Waals surface area contributed by atoms with Crippen molar-refractivity contribution in [2.75, 3.05) is 0 Å². The van der Waals surface area contributed by atoms with E-state index in [1.165, 1.54) is 0 Å². The average molecular weight is 224 g/mol. The summed E-state index contributed by atoms with van der Waals surface area (Å²) in [7, 11) is 0. The maximum atomic E-state index is 9.93. The highest BCUT2D eigenvalue weighted by atomic mass is 16.3. The van der Waals surface area contributed by atoms with Gasteiger partial charge in [-0.15, -0.1) is 0 Å². The lowest BCUT2D eigenvalue weighted by molar-refractivity contribution is 0.277. The molecule has 0 aromatic carbocycles. The third-order valence-electron chi connectivity index (χ3n) is 2.77. The molecule has 0 amide bonds. The number of hydrogen-bond acceptors (Lipinski definition) is 4. The fourth-order valence-electron chi connectivity index (χ4n) is 1.76. The highest BCUT2D eigenvalue weighted by Gasteiger charge is 2.17. The first-order valence-corrected chi connectivity index (χ1v) is 5.65. The molecule has 16 heavy (non-hydrogen) atoms. The lowest BCUT2D eigenvalue weighted by Gasteiger charge is -2.17. The van der Waals surface area contributed by atoms with E-state index in [4.69, 9.17) is 5.73 Å². The molecule has 1 atom stereocenters. The van der Waals surface area contributed by atoms with Crippen LogP contribution in [0.3, 0.4) is 0 Å². The number of aryl methyl sites for hydroxylation is 1. The molecule has 90 valence electrons. The van der Waals surface area contributed by atoms with Gasteiger partial charge in [0.25, 0.3) is 0 Å². The third kappa shape index (κ3) is 2.71. The quantitative estimate of drug-likeness (QED) is 0.712. The number of rotatable bonds is 5. The first-order valence-electron chi connectivity index (χ1n) is 5.65. The van der Waals surface area contributed by atoms with Gasteiger partial charge in [-0.25, -0.2) is 0 Å². The number of aromatic nitrogens is 1. The Morgan fingerprint density at radius 2 is 2.19 bits per heavy atom. The number of pyridine rings is 1. The topological polar surface area (TPSA) is 79.4 Å². The van der Waals surface area contributed by atoms with Crippen molar-refractivity contribution in [3.05, 3.63) is 23.0 Å². The van der Waals surface area contributed by atoms with Crippen molar-refractivity contribution in [2.45, 2.75) is 45.8 Å². The maximum absolute atomic E-state index is 9.93. The number of hydrogen-bond donors (Lipinski definition) is 3. The van der Waals surface area contributed by atoms with Crippen molar-refractivity contribution in [3.63, 3.8) is 0 Å². The predicted molar refractivity (Wildman–Crippen MR) is 63.0 cm³/mol. The Morgan fingerprint density at radius 1 is 1.50 bits per heavy atom. The lowest BCUT2D eigenvalue weighted by atomic mass is 9.97. The fraction of sp³-hybridized carbons (Fsp3) is 0.583. The van der Waals surface area contributed by atoms with Gasteiger partial charge in [0.2, 0.25) is 0 Å². The monoisotopic (exact) mass is 224 g/mol. The van der Waals surface area contributed by atoms with Crippen LogP contribution in [0.4, 0.5) is 0 Å². The predicted octanol–water partition coefficient (Wildman–Crippen LogP) is 1.78. The van der Waals surface area contributed by atoms with Gasteiger partial charge >= 0.3 is 0 Å². The number of nitrogens with two attached hydrogens (primary N) is 1. The standard InChI is InChI=1S/C12H20N2O2/c1-3-4-5-10(13)11-9(7-15)6-14-8(2)12(11)16/h6,10,15-16H,3-5,7,13H2,1-2H3/t10-/m0/s1. The third-order valence-corrected chi connectivity index (χ3v) is 2.77. The summed E-state index contributed by atoms with van der Waals surface area (Å²) in [5.74, 6) is 0.121. The van der Waals surface area contributed by atoms with Crippen LogP contribution in [0.15, 0.2) is 6.20 Å². The van der Waals surface area contributed by atoms with Gasteiger partial charge < -0.3 is 15.9 Å². The Bertz CT molecular complexity index is 353. The van der Waals surface area contributed by atoms with Gasteiger partial charge in [-0.05, 0) is 13.3 Å². The summed E-state index contributed by atoms with van der Waals surface area (Å²) in [5, 5.41) is 19.1. The second-order valence-corrected chi connectivity index (χ2v) is 4.04. The maximum Gasteiger partial charge on any atom is 0.141 e. The summed E-state index contributed by atoms with van der Waals surface area (Å²) in [6, 6.07) is -0.233. The molecule has 0 bridgehead atoms. The van der Waals surface area contributed by atoms with Crippen LogP contribution in [0.5, 0.6) is 5.75 Å². The Balaban J connectivity index is 3.03. The zero-order valence-corrected chi connectivity index (χ0v) is 9.90. The molecule has 1 aromatic rings. The van der Waals surface area contributed by atoms with Gasteiger partial charge in [0.15, 0.2) is 0 Å². The van der Waals surface area contributed by atoms with E-state index in [9.17, 15) is 10.2 Å². The van der Waals surface area contributed by atoms with Crippen LogP contribution < -0.4 is 5.73 Å². The Morgan fingerprint density at radius 3 is 2.75 bits per heavy atom. The number of unbranched alkanes of at least 4 members (excludes halogenated alkanes) is 1. The van der Waals surface area contributed by atoms with Crippen molar-refractivity contribution in [1.29, 1.82) is 0 Å². The lowest BCUT2D eigenvalue weighted by Crippen LogP contribution is -2.14. The summed E-state index contributed by atoms with van der Waals surface area (Å²) in [6.45, 7) is 3.68. The van der Waals surface area contributed by atoms with Crippen LogP contribution in [0.2, 0.25) is 0 Å². The van der Waals surface area contributed by atoms with E-state index >= 15 is 0 Å². The molecule has 0 saturated heterocycles. The molecule has 0 aliphatic heterocycles. The first-order chi connectivity index (χ1) is 7.61. The summed E-state index contributed by atoms with van der Waals surface area (Å²) in [5.41, 5.74) is 7.84. The summed E-state index contributed by atoms with van der Waals surface area (Å²) in [6.07, 6.45) is 4.45. The van der Waals surface area contributed by atoms with Crippen molar-refractivity contribution >= 4 is 0 Å². The molecule has 1 heterocycles. The number of aliphatic hydroxyl groups is 1. The van der Waals surface area contributed by atoms with Crippen molar-refractivity contribution < 1.29 is 10.2 Å². The second-order valence-electron chi connectivity index (χ2n) is 4.04. The fourth-order valence-corrected chi connectivity index (χ4v) is 1.76. The second kappa shape index (κ2) is 5.82. The van der Waals surface area contributed by atoms with Crippen LogP contribution in [-0.4, -0.2) is 15.2 Å². The SMILES string of the molecule is CCCC[C@H](N)c1c(CO)cnc(C)c1O. The molecule has 4 nitrogen and oxygen atoms in total. The Labute approximate surface area is 96.1 Å². The molecule has 0 saturated carbocycles. The van der Waals surface area contributed by atoms with Crippen LogP contribution in [-0.2, 0) is 6.61 Å². The molecule has 4 N–H and O–H groups in total. The van der Waals surface area contributed by atoms with Gasteiger partial charge in [-0.1, -0.05) is 19.8 Å². The molecule has 0 radical (unpaired) electrons. The largest absolute Gasteiger partial charge is 0.506 e. The first kappa shape index (κ1) is 12.9. The molecular formula is C12H20N2O2. The smallest absolute Gasteiger partial charge is 0.141 e. The van der Waals surface area contributed by atoms with E-state index < -0.39 is 0 Å². The van der Waals surface area contributed by atoms with E-state index in [0.29, 0.717) is 16.8 Å². The summed E-state index contributed by atoms with van der Waals surface area (Å²) >= 11 is 0. The molecule has 0 unspecified atom stereocenters. The van der Waals surface area contributed by atoms with Crippen molar-refractivity contribution in [2.24, 2.45) is 5.73 Å². The minimum absolute atomic E-state index is 0.121. The molecule has 4 heteroatoms. The van der Waals surface area contributed by atoms with Gasteiger partial charge in [-0.2, -0.15) is 0 Å². The van der Waals surface area contributed by atoms with E-state index in [1.54, 1.807) is 13.1 Å². The van der Waals surface area contributed by atoms with Gasteiger partial charge in [0.05, 0.1) is 12.3 Å². The normalized spacial score (nSPS) is 12.8. The van der Waals surface area contributed by atoms with Crippen molar-refractivity contribution in [3.8, 4) is 5.75 Å². The molecule has 0 aliphatic carbocycles. The molecule has 1 rings (SSSR count). The Hall–Kier alpha value is -1.13. The van der Waals surface area contributed by atoms with Crippen LogP contribution >= 0.6 is 0 Å². The molecule has 0 fully saturated rings. The van der Waals surface area contributed by atoms with E-state index in [2.05, 4.69) is 11.9 Å². The summed E-state index contributed by atoms with van der Waals surface area (Å²) in [4.78, 5) is 4.01. The zero-order chi connectivity index (χ0) is 12.1. The molecular weight excluding hydrogens is 204 g/mol. The zero-order valence-electron chi connectivity index (χ0n) is 9.90. The molecule has 1 aromatic heterocycles. The molecule has 0 spiro atoms. The minimum atomic E-state index is -0.233. The van der Waals surface area contributed by atoms with Crippen molar-refractivity contribution in [1.82, 2.24) is 4.98 Å².